The fourth-order valence-corrected chi connectivity index (χ4v) is 10.5. The Bertz CT molecular complexity index is 814. The summed E-state index contributed by atoms with van der Waals surface area (Å²) in [6.07, 6.45) is 14.8. The van der Waals surface area contributed by atoms with E-state index in [0.717, 1.165) is 18.3 Å². The summed E-state index contributed by atoms with van der Waals surface area (Å²) < 4.78 is 0. The zero-order valence-corrected chi connectivity index (χ0v) is 22.1. The van der Waals surface area contributed by atoms with Crippen molar-refractivity contribution in [3.8, 4) is 0 Å². The van der Waals surface area contributed by atoms with Gasteiger partial charge >= 0.3 is 0 Å². The van der Waals surface area contributed by atoms with Crippen LogP contribution in [0.15, 0.2) is 11.6 Å². The van der Waals surface area contributed by atoms with Crippen LogP contribution in [0.25, 0.3) is 0 Å². The molecule has 0 spiro atoms. The quantitative estimate of drug-likeness (QED) is 0.424. The van der Waals surface area contributed by atoms with Gasteiger partial charge in [0.25, 0.3) is 0 Å². The lowest BCUT2D eigenvalue weighted by molar-refractivity contribution is -0.233. The van der Waals surface area contributed by atoms with E-state index >= 15 is 0 Å². The first-order valence-electron chi connectivity index (χ1n) is 13.8. The largest absolute Gasteiger partial charge is 0.396 e. The zero-order valence-electron chi connectivity index (χ0n) is 22.1. The molecule has 0 bridgehead atoms. The van der Waals surface area contributed by atoms with Crippen molar-refractivity contribution < 1.29 is 10.2 Å². The van der Waals surface area contributed by atoms with E-state index in [1.165, 1.54) is 57.8 Å². The van der Waals surface area contributed by atoms with Gasteiger partial charge in [-0.25, -0.2) is 0 Å². The van der Waals surface area contributed by atoms with E-state index in [9.17, 15) is 10.2 Å². The molecule has 2 N–H and O–H groups in total. The molecule has 32 heavy (non-hydrogen) atoms. The van der Waals surface area contributed by atoms with Crippen molar-refractivity contribution in [1.82, 2.24) is 0 Å². The first-order chi connectivity index (χ1) is 14.8. The third-order valence-corrected chi connectivity index (χ3v) is 13.3. The number of aliphatic hydroxyl groups is 2. The molecule has 2 heteroatoms. The highest BCUT2D eigenvalue weighted by Crippen LogP contribution is 2.77. The van der Waals surface area contributed by atoms with Crippen LogP contribution in [0.3, 0.4) is 0 Å². The van der Waals surface area contributed by atoms with E-state index in [0.29, 0.717) is 34.2 Å². The van der Waals surface area contributed by atoms with Crippen molar-refractivity contribution in [2.24, 2.45) is 50.2 Å². The van der Waals surface area contributed by atoms with Crippen LogP contribution in [0, 0.1) is 50.2 Å². The second-order valence-electron chi connectivity index (χ2n) is 15.0. The summed E-state index contributed by atoms with van der Waals surface area (Å²) in [7, 11) is 0. The van der Waals surface area contributed by atoms with Gasteiger partial charge in [-0.15, -0.1) is 0 Å². The molecular formula is C30H50O2. The Hall–Kier alpha value is -0.340. The maximum Gasteiger partial charge on any atom is 0.0628 e. The molecule has 0 radical (unpaired) electrons. The molecule has 4 saturated carbocycles. The molecule has 0 amide bonds. The van der Waals surface area contributed by atoms with E-state index in [1.54, 1.807) is 5.57 Å². The average molecular weight is 443 g/mol. The zero-order chi connectivity index (χ0) is 23.4. The molecule has 9 unspecified atom stereocenters. The summed E-state index contributed by atoms with van der Waals surface area (Å²) in [5.74, 6) is 2.10. The number of allylic oxidation sites excluding steroid dienone is 1. The Morgan fingerprint density at radius 1 is 0.812 bits per heavy atom. The Morgan fingerprint density at radius 3 is 2.12 bits per heavy atom. The lowest BCUT2D eigenvalue weighted by Crippen LogP contribution is -2.66. The SMILES string of the molecule is CC1(CO)CCC2(C)CCC3(C)C4CC=C5C(CCC(O)C5(C)C)C4(C)CCC3(C)C2C1. The Balaban J connectivity index is 1.56. The average Bonchev–Trinajstić information content (AvgIpc) is 2.74. The van der Waals surface area contributed by atoms with Gasteiger partial charge in [0, 0.05) is 12.0 Å². The third kappa shape index (κ3) is 2.78. The normalized spacial score (nSPS) is 56.8. The van der Waals surface area contributed by atoms with Crippen LogP contribution in [0.1, 0.15) is 113 Å². The van der Waals surface area contributed by atoms with Crippen LogP contribution in [0.4, 0.5) is 0 Å². The highest BCUT2D eigenvalue weighted by molar-refractivity contribution is 5.30. The minimum atomic E-state index is -0.191. The van der Waals surface area contributed by atoms with Crippen LogP contribution < -0.4 is 0 Å². The molecule has 2 nitrogen and oxygen atoms in total. The van der Waals surface area contributed by atoms with Gasteiger partial charge < -0.3 is 10.2 Å². The van der Waals surface area contributed by atoms with E-state index in [2.05, 4.69) is 54.5 Å². The number of hydrogen-bond donors (Lipinski definition) is 2. The molecule has 0 aromatic heterocycles. The number of hydrogen-bond acceptors (Lipinski definition) is 2. The minimum Gasteiger partial charge on any atom is -0.396 e. The van der Waals surface area contributed by atoms with Gasteiger partial charge in [-0.2, -0.15) is 0 Å². The Labute approximate surface area is 197 Å². The van der Waals surface area contributed by atoms with Crippen molar-refractivity contribution >= 4 is 0 Å². The van der Waals surface area contributed by atoms with Gasteiger partial charge in [-0.1, -0.05) is 60.1 Å². The first-order valence-corrected chi connectivity index (χ1v) is 13.8. The molecular weight excluding hydrogens is 392 g/mol. The van der Waals surface area contributed by atoms with Gasteiger partial charge in [0.1, 0.15) is 0 Å². The molecule has 9 atom stereocenters. The van der Waals surface area contributed by atoms with Gasteiger partial charge in [0.05, 0.1) is 6.10 Å². The molecule has 0 aliphatic heterocycles. The van der Waals surface area contributed by atoms with E-state index in [4.69, 9.17) is 0 Å². The number of rotatable bonds is 1. The predicted molar refractivity (Wildman–Crippen MR) is 132 cm³/mol. The summed E-state index contributed by atoms with van der Waals surface area (Å²) in [6, 6.07) is 0. The lowest BCUT2D eigenvalue weighted by atomic mass is 9.31. The van der Waals surface area contributed by atoms with Crippen LogP contribution in [0.5, 0.6) is 0 Å². The fourth-order valence-electron chi connectivity index (χ4n) is 10.5. The Morgan fingerprint density at radius 2 is 1.44 bits per heavy atom. The molecule has 5 aliphatic rings. The fraction of sp³-hybridized carbons (Fsp3) is 0.933. The number of aliphatic hydroxyl groups excluding tert-OH is 2. The van der Waals surface area contributed by atoms with E-state index < -0.39 is 0 Å². The second-order valence-corrected chi connectivity index (χ2v) is 15.0. The van der Waals surface area contributed by atoms with Gasteiger partial charge in [-0.05, 0) is 109 Å². The first kappa shape index (κ1) is 23.4. The molecule has 4 fully saturated rings. The Kier molecular flexibility index (Phi) is 5.02. The minimum absolute atomic E-state index is 0.0734. The summed E-state index contributed by atoms with van der Waals surface area (Å²) >= 11 is 0. The van der Waals surface area contributed by atoms with E-state index in [-0.39, 0.29) is 16.9 Å². The lowest BCUT2D eigenvalue weighted by Gasteiger charge is -2.73. The molecule has 0 aromatic carbocycles. The maximum atomic E-state index is 10.8. The van der Waals surface area contributed by atoms with Crippen LogP contribution in [-0.2, 0) is 0 Å². The molecule has 182 valence electrons. The van der Waals surface area contributed by atoms with Gasteiger partial charge in [0.2, 0.25) is 0 Å². The van der Waals surface area contributed by atoms with Crippen LogP contribution >= 0.6 is 0 Å². The summed E-state index contributed by atoms with van der Waals surface area (Å²) in [5.41, 5.74) is 3.14. The predicted octanol–water partition coefficient (Wildman–Crippen LogP) is 7.14. The standard InChI is InChI=1S/C30H50O2/c1-25(2)20-8-10-22-28(5,21(20)9-11-24(25)32)15-17-30(7)23-18-26(3,19-31)12-13-27(23,4)14-16-29(22,30)6/h8,21-24,31-32H,9-19H2,1-7H3. The van der Waals surface area contributed by atoms with Crippen LogP contribution in [0.2, 0.25) is 0 Å². The maximum absolute atomic E-state index is 10.8. The summed E-state index contributed by atoms with van der Waals surface area (Å²) in [4.78, 5) is 0. The van der Waals surface area contributed by atoms with Crippen molar-refractivity contribution in [3.63, 3.8) is 0 Å². The summed E-state index contributed by atoms with van der Waals surface area (Å²) in [6.45, 7) is 17.9. The number of fused-ring (bicyclic) bond motifs is 7. The third-order valence-electron chi connectivity index (χ3n) is 13.3. The highest BCUT2D eigenvalue weighted by Gasteiger charge is 2.69. The van der Waals surface area contributed by atoms with Crippen molar-refractivity contribution in [1.29, 1.82) is 0 Å². The van der Waals surface area contributed by atoms with Crippen molar-refractivity contribution in [3.05, 3.63) is 11.6 Å². The molecule has 0 heterocycles. The summed E-state index contributed by atoms with van der Waals surface area (Å²) in [5, 5.41) is 21.1. The topological polar surface area (TPSA) is 40.5 Å². The molecule has 0 saturated heterocycles. The monoisotopic (exact) mass is 442 g/mol. The van der Waals surface area contributed by atoms with Gasteiger partial charge in [-0.3, -0.25) is 0 Å². The van der Waals surface area contributed by atoms with E-state index in [1.807, 2.05) is 0 Å². The smallest absolute Gasteiger partial charge is 0.0628 e. The van der Waals surface area contributed by atoms with Crippen molar-refractivity contribution in [2.75, 3.05) is 6.61 Å². The molecule has 5 rings (SSSR count). The second kappa shape index (κ2) is 6.87. The van der Waals surface area contributed by atoms with Crippen molar-refractivity contribution in [2.45, 2.75) is 119 Å². The van der Waals surface area contributed by atoms with Gasteiger partial charge in [0.15, 0.2) is 0 Å². The molecule has 0 aromatic rings. The highest BCUT2D eigenvalue weighted by atomic mass is 16.3. The molecule has 5 aliphatic carbocycles. The van der Waals surface area contributed by atoms with Crippen LogP contribution in [-0.4, -0.2) is 22.9 Å².